The molecule has 1 aliphatic heterocycles. The molecule has 2 fully saturated rings. The van der Waals surface area contributed by atoms with Crippen LogP contribution < -0.4 is 5.32 Å². The van der Waals surface area contributed by atoms with Crippen molar-refractivity contribution < 1.29 is 14.4 Å². The summed E-state index contributed by atoms with van der Waals surface area (Å²) >= 11 is 0. The van der Waals surface area contributed by atoms with Crippen LogP contribution in [0.1, 0.15) is 69.7 Å². The van der Waals surface area contributed by atoms with Crippen molar-refractivity contribution >= 4 is 28.5 Å². The first-order valence-corrected chi connectivity index (χ1v) is 11.9. The second-order valence-electron chi connectivity index (χ2n) is 10.5. The van der Waals surface area contributed by atoms with E-state index in [4.69, 9.17) is 0 Å². The highest BCUT2D eigenvalue weighted by Crippen LogP contribution is 2.38. The summed E-state index contributed by atoms with van der Waals surface area (Å²) < 4.78 is 1.82. The highest BCUT2D eigenvalue weighted by atomic mass is 16.2. The minimum Gasteiger partial charge on any atom is -0.346 e. The third-order valence-corrected chi connectivity index (χ3v) is 6.98. The first-order valence-electron chi connectivity index (χ1n) is 11.9. The van der Waals surface area contributed by atoms with Gasteiger partial charge in [0.15, 0.2) is 0 Å². The highest BCUT2D eigenvalue weighted by Gasteiger charge is 2.34. The lowest BCUT2D eigenvalue weighted by molar-refractivity contribution is -0.132. The van der Waals surface area contributed by atoms with Crippen LogP contribution in [0.15, 0.2) is 30.5 Å². The highest BCUT2D eigenvalue weighted by molar-refractivity contribution is 6.45. The van der Waals surface area contributed by atoms with Gasteiger partial charge in [0, 0.05) is 36.2 Å². The van der Waals surface area contributed by atoms with Crippen molar-refractivity contribution in [2.45, 2.75) is 71.9 Å². The quantitative estimate of drug-likeness (QED) is 0.564. The first-order chi connectivity index (χ1) is 15.2. The summed E-state index contributed by atoms with van der Waals surface area (Å²) in [6.07, 6.45) is 7.84. The SMILES string of the molecule is CC1CC(NC(=O)C(=O)c2cn(CC(=O)N3CCCCC3)c3ccccc23)CC(C)(C)C1. The van der Waals surface area contributed by atoms with E-state index >= 15 is 0 Å². The molecule has 1 N–H and O–H groups in total. The molecule has 1 aliphatic carbocycles. The second kappa shape index (κ2) is 9.08. The van der Waals surface area contributed by atoms with Crippen LogP contribution >= 0.6 is 0 Å². The van der Waals surface area contributed by atoms with Crippen molar-refractivity contribution in [3.05, 3.63) is 36.0 Å². The Morgan fingerprint density at radius 1 is 1.06 bits per heavy atom. The molecule has 2 heterocycles. The molecule has 172 valence electrons. The van der Waals surface area contributed by atoms with Gasteiger partial charge in [0.25, 0.3) is 11.7 Å². The molecule has 2 atom stereocenters. The maximum atomic E-state index is 13.2. The zero-order valence-electron chi connectivity index (χ0n) is 19.5. The molecule has 1 aromatic heterocycles. The number of hydrogen-bond donors (Lipinski definition) is 1. The molecule has 2 aliphatic rings. The molecule has 1 saturated heterocycles. The fourth-order valence-electron chi connectivity index (χ4n) is 5.78. The van der Waals surface area contributed by atoms with Gasteiger partial charge in [0.2, 0.25) is 5.91 Å². The van der Waals surface area contributed by atoms with Gasteiger partial charge in [-0.15, -0.1) is 0 Å². The number of nitrogens with zero attached hydrogens (tertiary/aromatic N) is 2. The third kappa shape index (κ3) is 4.89. The molecule has 1 saturated carbocycles. The largest absolute Gasteiger partial charge is 0.346 e. The number of carbonyl (C=O) groups excluding carboxylic acids is 3. The number of benzene rings is 1. The van der Waals surface area contributed by atoms with Crippen molar-refractivity contribution in [1.29, 1.82) is 0 Å². The Morgan fingerprint density at radius 3 is 2.50 bits per heavy atom. The molecule has 2 aromatic rings. The average molecular weight is 438 g/mol. The van der Waals surface area contributed by atoms with Crippen molar-refractivity contribution in [2.75, 3.05) is 13.1 Å². The summed E-state index contributed by atoms with van der Waals surface area (Å²) in [6, 6.07) is 7.52. The third-order valence-electron chi connectivity index (χ3n) is 6.98. The first kappa shape index (κ1) is 22.6. The van der Waals surface area contributed by atoms with Crippen molar-refractivity contribution in [2.24, 2.45) is 11.3 Å². The number of Topliss-reactive ketones (excluding diaryl/α,β-unsaturated/α-hetero) is 1. The molecule has 2 amide bonds. The standard InChI is InChI=1S/C26H35N3O3/c1-18-13-19(15-26(2,3)14-18)27-25(32)24(31)21-16-29(22-10-6-5-9-20(21)22)17-23(30)28-11-7-4-8-12-28/h5-6,9-10,16,18-19H,4,7-8,11-15,17H2,1-3H3,(H,27,32). The summed E-state index contributed by atoms with van der Waals surface area (Å²) in [4.78, 5) is 40.8. The molecular formula is C26H35N3O3. The molecule has 2 unspecified atom stereocenters. The molecule has 0 spiro atoms. The van der Waals surface area contributed by atoms with Gasteiger partial charge in [-0.2, -0.15) is 0 Å². The van der Waals surface area contributed by atoms with E-state index in [9.17, 15) is 14.4 Å². The summed E-state index contributed by atoms with van der Waals surface area (Å²) in [6.45, 7) is 8.41. The number of piperidine rings is 1. The Bertz CT molecular complexity index is 1020. The van der Waals surface area contributed by atoms with Gasteiger partial charge >= 0.3 is 0 Å². The number of rotatable bonds is 5. The van der Waals surface area contributed by atoms with Gasteiger partial charge in [-0.1, -0.05) is 39.0 Å². The van der Waals surface area contributed by atoms with Gasteiger partial charge in [-0.05, 0) is 55.9 Å². The Morgan fingerprint density at radius 2 is 1.78 bits per heavy atom. The minimum absolute atomic E-state index is 0.0132. The summed E-state index contributed by atoms with van der Waals surface area (Å²) in [5.41, 5.74) is 1.33. The van der Waals surface area contributed by atoms with E-state index in [0.29, 0.717) is 11.5 Å². The number of hydrogen-bond acceptors (Lipinski definition) is 3. The molecule has 0 bridgehead atoms. The number of nitrogens with one attached hydrogen (secondary N) is 1. The van der Waals surface area contributed by atoms with Crippen LogP contribution in [-0.4, -0.2) is 46.2 Å². The van der Waals surface area contributed by atoms with Crippen LogP contribution in [0.5, 0.6) is 0 Å². The number of likely N-dealkylation sites (tertiary alicyclic amines) is 1. The maximum Gasteiger partial charge on any atom is 0.292 e. The number of para-hydroxylation sites is 1. The van der Waals surface area contributed by atoms with Crippen molar-refractivity contribution in [3.63, 3.8) is 0 Å². The average Bonchev–Trinajstić information content (AvgIpc) is 3.10. The summed E-state index contributed by atoms with van der Waals surface area (Å²) in [5, 5.41) is 3.72. The predicted molar refractivity (Wildman–Crippen MR) is 125 cm³/mol. The van der Waals surface area contributed by atoms with Crippen LogP contribution in [0.2, 0.25) is 0 Å². The van der Waals surface area contributed by atoms with Crippen LogP contribution in [0.3, 0.4) is 0 Å². The molecule has 32 heavy (non-hydrogen) atoms. The monoisotopic (exact) mass is 437 g/mol. The molecule has 6 nitrogen and oxygen atoms in total. The number of aromatic nitrogens is 1. The van der Waals surface area contributed by atoms with E-state index in [1.807, 2.05) is 33.7 Å². The maximum absolute atomic E-state index is 13.2. The zero-order chi connectivity index (χ0) is 22.9. The smallest absolute Gasteiger partial charge is 0.292 e. The van der Waals surface area contributed by atoms with Gasteiger partial charge < -0.3 is 14.8 Å². The van der Waals surface area contributed by atoms with Crippen LogP contribution in [0.25, 0.3) is 10.9 Å². The zero-order valence-corrected chi connectivity index (χ0v) is 19.5. The number of amides is 2. The van der Waals surface area contributed by atoms with Crippen LogP contribution in [0.4, 0.5) is 0 Å². The van der Waals surface area contributed by atoms with E-state index in [1.165, 1.54) is 6.42 Å². The van der Waals surface area contributed by atoms with E-state index in [0.717, 1.165) is 56.1 Å². The normalized spacial score (nSPS) is 23.2. The number of ketones is 1. The predicted octanol–water partition coefficient (Wildman–Crippen LogP) is 4.17. The van der Waals surface area contributed by atoms with Gasteiger partial charge in [0.05, 0.1) is 5.56 Å². The lowest BCUT2D eigenvalue weighted by Crippen LogP contribution is -2.45. The van der Waals surface area contributed by atoms with Crippen molar-refractivity contribution in [3.8, 4) is 0 Å². The van der Waals surface area contributed by atoms with E-state index in [2.05, 4.69) is 26.1 Å². The van der Waals surface area contributed by atoms with Gasteiger partial charge in [-0.3, -0.25) is 14.4 Å². The molecule has 1 aromatic carbocycles. The Kier molecular flexibility index (Phi) is 6.40. The van der Waals surface area contributed by atoms with E-state index in [-0.39, 0.29) is 23.9 Å². The minimum atomic E-state index is -0.551. The molecule has 4 rings (SSSR count). The molecule has 0 radical (unpaired) electrons. The topological polar surface area (TPSA) is 71.4 Å². The molecule has 6 heteroatoms. The van der Waals surface area contributed by atoms with Gasteiger partial charge in [0.1, 0.15) is 6.54 Å². The Labute approximate surface area is 190 Å². The van der Waals surface area contributed by atoms with Crippen molar-refractivity contribution in [1.82, 2.24) is 14.8 Å². The Balaban J connectivity index is 1.52. The van der Waals surface area contributed by atoms with Crippen LogP contribution in [0, 0.1) is 11.3 Å². The summed E-state index contributed by atoms with van der Waals surface area (Å²) in [7, 11) is 0. The fraction of sp³-hybridized carbons (Fsp3) is 0.577. The van der Waals surface area contributed by atoms with E-state index in [1.54, 1.807) is 6.20 Å². The Hall–Kier alpha value is -2.63. The summed E-state index contributed by atoms with van der Waals surface area (Å²) in [5.74, 6) is -0.499. The van der Waals surface area contributed by atoms with E-state index < -0.39 is 11.7 Å². The number of carbonyl (C=O) groups is 3. The molecular weight excluding hydrogens is 402 g/mol. The lowest BCUT2D eigenvalue weighted by atomic mass is 9.70. The lowest BCUT2D eigenvalue weighted by Gasteiger charge is -2.39. The second-order valence-corrected chi connectivity index (χ2v) is 10.5. The fourth-order valence-corrected chi connectivity index (χ4v) is 5.78. The van der Waals surface area contributed by atoms with Crippen LogP contribution in [-0.2, 0) is 16.1 Å². The number of fused-ring (bicyclic) bond motifs is 1. The van der Waals surface area contributed by atoms with Gasteiger partial charge in [-0.25, -0.2) is 0 Å².